The van der Waals surface area contributed by atoms with Crippen LogP contribution in [0, 0.1) is 5.92 Å². The SMILES string of the molecule is CC(C)CC(=O)Nc1cccc(CNC(=O)c2ccc(S(=O)(=O)NC(C)(C)C)cc2)c1. The quantitative estimate of drug-likeness (QED) is 0.576. The average molecular weight is 446 g/mol. The van der Waals surface area contributed by atoms with Gasteiger partial charge in [0.05, 0.1) is 4.90 Å². The number of sulfonamides is 1. The van der Waals surface area contributed by atoms with E-state index in [0.717, 1.165) is 5.56 Å². The Labute approximate surface area is 184 Å². The highest BCUT2D eigenvalue weighted by molar-refractivity contribution is 7.89. The molecule has 0 fully saturated rings. The first-order valence-electron chi connectivity index (χ1n) is 10.2. The third-order valence-electron chi connectivity index (χ3n) is 4.12. The maximum Gasteiger partial charge on any atom is 0.251 e. The van der Waals surface area contributed by atoms with E-state index in [1.807, 2.05) is 32.0 Å². The molecule has 7 nitrogen and oxygen atoms in total. The van der Waals surface area contributed by atoms with Gasteiger partial charge in [-0.2, -0.15) is 0 Å². The summed E-state index contributed by atoms with van der Waals surface area (Å²) in [6, 6.07) is 13.1. The Bertz CT molecular complexity index is 1020. The van der Waals surface area contributed by atoms with E-state index in [9.17, 15) is 18.0 Å². The van der Waals surface area contributed by atoms with Gasteiger partial charge < -0.3 is 10.6 Å². The zero-order valence-electron chi connectivity index (χ0n) is 18.7. The monoisotopic (exact) mass is 445 g/mol. The number of hydrogen-bond donors (Lipinski definition) is 3. The Morgan fingerprint density at radius 3 is 2.23 bits per heavy atom. The second-order valence-electron chi connectivity index (χ2n) is 8.91. The second kappa shape index (κ2) is 10.1. The van der Waals surface area contributed by atoms with Crippen LogP contribution in [-0.2, 0) is 21.4 Å². The molecule has 0 spiro atoms. The Kier molecular flexibility index (Phi) is 7.97. The lowest BCUT2D eigenvalue weighted by Crippen LogP contribution is -2.40. The summed E-state index contributed by atoms with van der Waals surface area (Å²) in [5.74, 6) is -0.0951. The van der Waals surface area contributed by atoms with Crippen molar-refractivity contribution in [3.63, 3.8) is 0 Å². The van der Waals surface area contributed by atoms with E-state index in [4.69, 9.17) is 0 Å². The van der Waals surface area contributed by atoms with Gasteiger partial charge in [-0.25, -0.2) is 13.1 Å². The molecule has 2 amide bonds. The maximum absolute atomic E-state index is 12.4. The van der Waals surface area contributed by atoms with Crippen molar-refractivity contribution in [1.29, 1.82) is 0 Å². The minimum absolute atomic E-state index is 0.0489. The molecule has 0 saturated carbocycles. The summed E-state index contributed by atoms with van der Waals surface area (Å²) in [6.45, 7) is 9.52. The molecule has 0 bridgehead atoms. The molecule has 0 unspecified atom stereocenters. The number of amides is 2. The summed E-state index contributed by atoms with van der Waals surface area (Å²) in [7, 11) is -3.65. The lowest BCUT2D eigenvalue weighted by atomic mass is 10.1. The van der Waals surface area contributed by atoms with Crippen molar-refractivity contribution in [2.45, 2.75) is 58.0 Å². The summed E-state index contributed by atoms with van der Waals surface area (Å²) in [4.78, 5) is 24.5. The van der Waals surface area contributed by atoms with Gasteiger partial charge in [-0.15, -0.1) is 0 Å². The van der Waals surface area contributed by atoms with E-state index in [0.29, 0.717) is 17.7 Å². The van der Waals surface area contributed by atoms with Crippen LogP contribution in [0.3, 0.4) is 0 Å². The van der Waals surface area contributed by atoms with Gasteiger partial charge in [-0.05, 0) is 68.7 Å². The molecule has 0 aliphatic rings. The number of anilines is 1. The molecular formula is C23H31N3O4S. The Hall–Kier alpha value is -2.71. The van der Waals surface area contributed by atoms with Gasteiger partial charge >= 0.3 is 0 Å². The molecule has 0 atom stereocenters. The minimum atomic E-state index is -3.65. The van der Waals surface area contributed by atoms with Crippen molar-refractivity contribution in [1.82, 2.24) is 10.0 Å². The first-order chi connectivity index (χ1) is 14.4. The van der Waals surface area contributed by atoms with Gasteiger partial charge in [0.15, 0.2) is 0 Å². The first kappa shape index (κ1) is 24.6. The van der Waals surface area contributed by atoms with Crippen LogP contribution in [0.1, 0.15) is 57.0 Å². The smallest absolute Gasteiger partial charge is 0.251 e. The van der Waals surface area contributed by atoms with Crippen molar-refractivity contribution < 1.29 is 18.0 Å². The number of hydrogen-bond acceptors (Lipinski definition) is 4. The van der Waals surface area contributed by atoms with Crippen LogP contribution in [0.5, 0.6) is 0 Å². The highest BCUT2D eigenvalue weighted by Crippen LogP contribution is 2.15. The third kappa shape index (κ3) is 8.15. The Balaban J connectivity index is 1.99. The van der Waals surface area contributed by atoms with E-state index >= 15 is 0 Å². The van der Waals surface area contributed by atoms with Crippen LogP contribution < -0.4 is 15.4 Å². The van der Waals surface area contributed by atoms with Crippen molar-refractivity contribution in [3.8, 4) is 0 Å². The van der Waals surface area contributed by atoms with Crippen LogP contribution in [-0.4, -0.2) is 25.8 Å². The van der Waals surface area contributed by atoms with Crippen LogP contribution in [0.2, 0.25) is 0 Å². The molecule has 0 aliphatic carbocycles. The predicted molar refractivity (Wildman–Crippen MR) is 122 cm³/mol. The second-order valence-corrected chi connectivity index (χ2v) is 10.6. The molecule has 0 radical (unpaired) electrons. The van der Waals surface area contributed by atoms with Crippen molar-refractivity contribution in [3.05, 3.63) is 59.7 Å². The molecule has 0 aliphatic heterocycles. The van der Waals surface area contributed by atoms with Gasteiger partial charge in [0.1, 0.15) is 0 Å². The van der Waals surface area contributed by atoms with E-state index in [-0.39, 0.29) is 29.2 Å². The largest absolute Gasteiger partial charge is 0.348 e. The van der Waals surface area contributed by atoms with Crippen LogP contribution in [0.15, 0.2) is 53.4 Å². The molecule has 0 aromatic heterocycles. The molecule has 31 heavy (non-hydrogen) atoms. The fraction of sp³-hybridized carbons (Fsp3) is 0.391. The number of carbonyl (C=O) groups excluding carboxylic acids is 2. The number of carbonyl (C=O) groups is 2. The molecule has 2 aromatic rings. The van der Waals surface area contributed by atoms with Gasteiger partial charge in [0.2, 0.25) is 15.9 Å². The fourth-order valence-corrected chi connectivity index (χ4v) is 4.29. The van der Waals surface area contributed by atoms with Crippen LogP contribution in [0.25, 0.3) is 0 Å². The summed E-state index contributed by atoms with van der Waals surface area (Å²) in [5, 5.41) is 5.66. The highest BCUT2D eigenvalue weighted by Gasteiger charge is 2.22. The van der Waals surface area contributed by atoms with Crippen LogP contribution in [0.4, 0.5) is 5.69 Å². The summed E-state index contributed by atoms with van der Waals surface area (Å²) in [5.41, 5.74) is 1.27. The Morgan fingerprint density at radius 1 is 1.00 bits per heavy atom. The van der Waals surface area contributed by atoms with E-state index in [1.165, 1.54) is 24.3 Å². The number of benzene rings is 2. The molecular weight excluding hydrogens is 414 g/mol. The van der Waals surface area contributed by atoms with E-state index < -0.39 is 15.6 Å². The van der Waals surface area contributed by atoms with Crippen LogP contribution >= 0.6 is 0 Å². The lowest BCUT2D eigenvalue weighted by molar-refractivity contribution is -0.116. The van der Waals surface area contributed by atoms with Gasteiger partial charge in [0.25, 0.3) is 5.91 Å². The van der Waals surface area contributed by atoms with Gasteiger partial charge in [-0.3, -0.25) is 9.59 Å². The molecule has 3 N–H and O–H groups in total. The molecule has 2 rings (SSSR count). The Morgan fingerprint density at radius 2 is 1.65 bits per heavy atom. The van der Waals surface area contributed by atoms with Crippen molar-refractivity contribution in [2.24, 2.45) is 5.92 Å². The normalized spacial score (nSPS) is 11.9. The minimum Gasteiger partial charge on any atom is -0.348 e. The van der Waals surface area contributed by atoms with E-state index in [1.54, 1.807) is 26.8 Å². The van der Waals surface area contributed by atoms with Crippen molar-refractivity contribution in [2.75, 3.05) is 5.32 Å². The number of rotatable bonds is 8. The highest BCUT2D eigenvalue weighted by atomic mass is 32.2. The number of nitrogens with one attached hydrogen (secondary N) is 3. The zero-order chi connectivity index (χ0) is 23.2. The molecule has 168 valence electrons. The zero-order valence-corrected chi connectivity index (χ0v) is 19.5. The molecule has 8 heteroatoms. The standard InChI is InChI=1S/C23H31N3O4S/c1-16(2)13-21(27)25-19-8-6-7-17(14-19)15-24-22(28)18-9-11-20(12-10-18)31(29,30)26-23(3,4)5/h6-12,14,16,26H,13,15H2,1-5H3,(H,24,28)(H,25,27). The molecule has 2 aromatic carbocycles. The molecule has 0 heterocycles. The average Bonchev–Trinajstić information content (AvgIpc) is 2.64. The molecule has 0 saturated heterocycles. The summed E-state index contributed by atoms with van der Waals surface area (Å²) >= 11 is 0. The predicted octanol–water partition coefficient (Wildman–Crippen LogP) is 3.68. The fourth-order valence-electron chi connectivity index (χ4n) is 2.87. The summed E-state index contributed by atoms with van der Waals surface area (Å²) in [6.07, 6.45) is 0.442. The maximum atomic E-state index is 12.4. The summed E-state index contributed by atoms with van der Waals surface area (Å²) < 4.78 is 27.3. The van der Waals surface area contributed by atoms with Crippen molar-refractivity contribution >= 4 is 27.5 Å². The lowest BCUT2D eigenvalue weighted by Gasteiger charge is -2.20. The topological polar surface area (TPSA) is 104 Å². The van der Waals surface area contributed by atoms with Gasteiger partial charge in [0, 0.05) is 29.8 Å². The first-order valence-corrected chi connectivity index (χ1v) is 11.6. The third-order valence-corrected chi connectivity index (χ3v) is 5.90. The van der Waals surface area contributed by atoms with Gasteiger partial charge in [-0.1, -0.05) is 26.0 Å². The van der Waals surface area contributed by atoms with E-state index in [2.05, 4.69) is 15.4 Å².